The van der Waals surface area contributed by atoms with E-state index in [9.17, 15) is 14.4 Å². The van der Waals surface area contributed by atoms with Gasteiger partial charge in [0.05, 0.1) is 22.0 Å². The molecular weight excluding hydrogens is 368 g/mol. The molecule has 1 atom stereocenters. The van der Waals surface area contributed by atoms with E-state index in [2.05, 4.69) is 4.98 Å². The quantitative estimate of drug-likeness (QED) is 0.723. The average molecular weight is 402 g/mol. The molecule has 1 aliphatic rings. The number of carbonyl (C=O) groups is 2. The van der Waals surface area contributed by atoms with Crippen LogP contribution >= 0.6 is 0 Å². The summed E-state index contributed by atoms with van der Waals surface area (Å²) in [4.78, 5) is 47.8. The number of likely N-dealkylation sites (N-methyl/N-ethyl adjacent to an activating group) is 1. The molecule has 0 N–H and O–H groups in total. The van der Waals surface area contributed by atoms with E-state index in [-0.39, 0.29) is 10.9 Å². The van der Waals surface area contributed by atoms with E-state index in [1.54, 1.807) is 64.9 Å². The lowest BCUT2D eigenvalue weighted by Gasteiger charge is -2.57. The highest BCUT2D eigenvalue weighted by Crippen LogP contribution is 2.55. The number of nitrogens with zero attached hydrogens (tertiary/aromatic N) is 4. The second-order valence-electron chi connectivity index (χ2n) is 9.13. The molecule has 3 rings (SSSR count). The number of piperidine rings is 1. The third-order valence-electron chi connectivity index (χ3n) is 7.14. The molecule has 0 spiro atoms. The van der Waals surface area contributed by atoms with Crippen LogP contribution in [-0.4, -0.2) is 47.4 Å². The van der Waals surface area contributed by atoms with Crippen molar-refractivity contribution in [3.8, 4) is 0 Å². The summed E-state index contributed by atoms with van der Waals surface area (Å²) in [6.45, 7) is 5.60. The standard InChI is InChI=1S/C22H30N4O3/c1-13-23-14-11-10-12-15(24(7)8)16(14)17(27)26(13)22(6)19(29)25(9)18(28)20(2,3)21(22,4)5/h10-12H,1-9H3/i1D3. The molecule has 0 radical (unpaired) electrons. The first-order valence-corrected chi connectivity index (χ1v) is 9.49. The minimum atomic E-state index is -2.77. The Morgan fingerprint density at radius 3 is 2.21 bits per heavy atom. The highest BCUT2D eigenvalue weighted by atomic mass is 16.2. The number of imide groups is 1. The van der Waals surface area contributed by atoms with Gasteiger partial charge in [-0.2, -0.15) is 0 Å². The highest BCUT2D eigenvalue weighted by Gasteiger charge is 2.65. The second-order valence-corrected chi connectivity index (χ2v) is 9.13. The summed E-state index contributed by atoms with van der Waals surface area (Å²) in [6.07, 6.45) is 0. The lowest BCUT2D eigenvalue weighted by molar-refractivity contribution is -0.181. The maximum Gasteiger partial charge on any atom is 0.264 e. The number of aryl methyl sites for hydroxylation is 1. The number of hydrogen-bond donors (Lipinski definition) is 0. The van der Waals surface area contributed by atoms with E-state index in [0.717, 1.165) is 9.47 Å². The van der Waals surface area contributed by atoms with Crippen molar-refractivity contribution in [2.75, 3.05) is 26.0 Å². The zero-order valence-corrected chi connectivity index (χ0v) is 18.2. The number of aromatic nitrogens is 2. The number of hydrogen-bond acceptors (Lipinski definition) is 5. The SMILES string of the molecule is [2H]C([2H])([2H])c1nc2cccc(N(C)C)c2c(=O)n1C1(C)C(=O)N(C)C(=O)C(C)(C)C1(C)C. The monoisotopic (exact) mass is 401 g/mol. The van der Waals surface area contributed by atoms with Crippen LogP contribution in [0.5, 0.6) is 0 Å². The molecule has 1 unspecified atom stereocenters. The molecule has 1 aromatic heterocycles. The van der Waals surface area contributed by atoms with Crippen molar-refractivity contribution in [1.29, 1.82) is 0 Å². The van der Waals surface area contributed by atoms with Crippen LogP contribution in [0.1, 0.15) is 44.6 Å². The Balaban J connectivity index is 2.61. The normalized spacial score (nSPS) is 25.5. The van der Waals surface area contributed by atoms with Crippen molar-refractivity contribution in [3.63, 3.8) is 0 Å². The maximum atomic E-state index is 14.0. The summed E-state index contributed by atoms with van der Waals surface area (Å²) in [7, 11) is 4.89. The fourth-order valence-corrected chi connectivity index (χ4v) is 4.36. The van der Waals surface area contributed by atoms with Crippen molar-refractivity contribution in [2.24, 2.45) is 10.8 Å². The lowest BCUT2D eigenvalue weighted by atomic mass is 9.54. The summed E-state index contributed by atoms with van der Waals surface area (Å²) in [5, 5.41) is 0.215. The maximum absolute atomic E-state index is 14.0. The van der Waals surface area contributed by atoms with E-state index < -0.39 is 46.4 Å². The van der Waals surface area contributed by atoms with Gasteiger partial charge in [-0.15, -0.1) is 0 Å². The Kier molecular flexibility index (Phi) is 3.64. The summed E-state index contributed by atoms with van der Waals surface area (Å²) in [6, 6.07) is 5.02. The van der Waals surface area contributed by atoms with E-state index in [1.807, 2.05) is 0 Å². The van der Waals surface area contributed by atoms with E-state index in [1.165, 1.54) is 14.0 Å². The van der Waals surface area contributed by atoms with Crippen molar-refractivity contribution < 1.29 is 13.7 Å². The van der Waals surface area contributed by atoms with Crippen molar-refractivity contribution in [2.45, 2.75) is 47.0 Å². The summed E-state index contributed by atoms with van der Waals surface area (Å²) < 4.78 is 25.4. The number of benzene rings is 1. The van der Waals surface area contributed by atoms with Crippen molar-refractivity contribution in [1.82, 2.24) is 14.5 Å². The minimum absolute atomic E-state index is 0.215. The van der Waals surface area contributed by atoms with Crippen LogP contribution in [0, 0.1) is 17.7 Å². The van der Waals surface area contributed by atoms with Gasteiger partial charge in [-0.25, -0.2) is 4.98 Å². The molecule has 29 heavy (non-hydrogen) atoms. The van der Waals surface area contributed by atoms with E-state index in [0.29, 0.717) is 5.69 Å². The molecule has 1 fully saturated rings. The van der Waals surface area contributed by atoms with Gasteiger partial charge in [0, 0.05) is 30.7 Å². The summed E-state index contributed by atoms with van der Waals surface area (Å²) in [5.41, 5.74) is -3.75. The lowest BCUT2D eigenvalue weighted by Crippen LogP contribution is -2.71. The van der Waals surface area contributed by atoms with Gasteiger partial charge < -0.3 is 4.90 Å². The summed E-state index contributed by atoms with van der Waals surface area (Å²) >= 11 is 0. The fourth-order valence-electron chi connectivity index (χ4n) is 4.36. The molecule has 0 saturated carbocycles. The second kappa shape index (κ2) is 6.15. The van der Waals surface area contributed by atoms with Gasteiger partial charge in [-0.3, -0.25) is 23.9 Å². The van der Waals surface area contributed by atoms with Crippen LogP contribution in [0.15, 0.2) is 23.0 Å². The topological polar surface area (TPSA) is 75.5 Å². The molecule has 0 aliphatic carbocycles. The highest BCUT2D eigenvalue weighted by molar-refractivity contribution is 6.05. The van der Waals surface area contributed by atoms with Crippen molar-refractivity contribution in [3.05, 3.63) is 34.4 Å². The molecule has 0 bridgehead atoms. The van der Waals surface area contributed by atoms with Crippen LogP contribution in [-0.2, 0) is 15.1 Å². The largest absolute Gasteiger partial charge is 0.377 e. The van der Waals surface area contributed by atoms with Crippen LogP contribution in [0.25, 0.3) is 10.9 Å². The molecule has 1 aromatic carbocycles. The third-order valence-corrected chi connectivity index (χ3v) is 7.14. The van der Waals surface area contributed by atoms with Crippen LogP contribution in [0.4, 0.5) is 5.69 Å². The van der Waals surface area contributed by atoms with Gasteiger partial charge in [0.1, 0.15) is 11.4 Å². The molecule has 2 heterocycles. The van der Waals surface area contributed by atoms with E-state index >= 15 is 0 Å². The number of likely N-dealkylation sites (tertiary alicyclic amines) is 1. The van der Waals surface area contributed by atoms with Crippen LogP contribution < -0.4 is 10.5 Å². The van der Waals surface area contributed by atoms with Gasteiger partial charge in [-0.05, 0) is 25.9 Å². The molecule has 2 amide bonds. The first kappa shape index (κ1) is 17.2. The number of rotatable bonds is 2. The number of anilines is 1. The smallest absolute Gasteiger partial charge is 0.264 e. The Bertz CT molecular complexity index is 1200. The number of carbonyl (C=O) groups excluding carboxylic acids is 2. The molecule has 156 valence electrons. The predicted molar refractivity (Wildman–Crippen MR) is 114 cm³/mol. The molecular formula is C22H30N4O3. The Morgan fingerprint density at radius 1 is 1.03 bits per heavy atom. The third kappa shape index (κ3) is 2.42. The molecule has 7 heteroatoms. The van der Waals surface area contributed by atoms with Crippen LogP contribution in [0.3, 0.4) is 0 Å². The Hall–Kier alpha value is -2.70. The molecule has 1 aliphatic heterocycles. The van der Waals surface area contributed by atoms with Crippen LogP contribution in [0.2, 0.25) is 0 Å². The van der Waals surface area contributed by atoms with Gasteiger partial charge in [0.2, 0.25) is 5.91 Å². The first-order valence-electron chi connectivity index (χ1n) is 11.0. The van der Waals surface area contributed by atoms with Gasteiger partial charge in [-0.1, -0.05) is 33.8 Å². The zero-order valence-electron chi connectivity index (χ0n) is 21.2. The fraction of sp³-hybridized carbons (Fsp3) is 0.545. The average Bonchev–Trinajstić information content (AvgIpc) is 2.68. The van der Waals surface area contributed by atoms with Crippen molar-refractivity contribution >= 4 is 28.4 Å². The minimum Gasteiger partial charge on any atom is -0.377 e. The Morgan fingerprint density at radius 2 is 1.66 bits per heavy atom. The molecule has 1 saturated heterocycles. The van der Waals surface area contributed by atoms with Gasteiger partial charge in [0.15, 0.2) is 0 Å². The Labute approximate surface area is 175 Å². The summed E-state index contributed by atoms with van der Waals surface area (Å²) in [5.74, 6) is -1.52. The molecule has 7 nitrogen and oxygen atoms in total. The van der Waals surface area contributed by atoms with E-state index in [4.69, 9.17) is 4.11 Å². The van der Waals surface area contributed by atoms with Gasteiger partial charge in [0.25, 0.3) is 11.5 Å². The molecule has 2 aromatic rings. The van der Waals surface area contributed by atoms with Gasteiger partial charge >= 0.3 is 0 Å². The number of amides is 2. The first-order chi connectivity index (χ1) is 14.4. The number of fused-ring (bicyclic) bond motifs is 1. The zero-order chi connectivity index (χ0) is 24.6. The predicted octanol–water partition coefficient (Wildman–Crippen LogP) is 2.54.